The summed E-state index contributed by atoms with van der Waals surface area (Å²) in [7, 11) is 0. The molecular formula is C28H41F2NO2. The van der Waals surface area contributed by atoms with Crippen molar-refractivity contribution in [1.29, 1.82) is 0 Å². The first-order valence-electron chi connectivity index (χ1n) is 13.2. The molecule has 0 heterocycles. The van der Waals surface area contributed by atoms with Crippen molar-refractivity contribution in [2.45, 2.75) is 83.8 Å². The van der Waals surface area contributed by atoms with Crippen LogP contribution in [0, 0.1) is 58.5 Å². The van der Waals surface area contributed by atoms with E-state index >= 15 is 0 Å². The van der Waals surface area contributed by atoms with E-state index in [-0.39, 0.29) is 23.6 Å². The van der Waals surface area contributed by atoms with Gasteiger partial charge in [0.25, 0.3) is 0 Å². The average Bonchev–Trinajstić information content (AvgIpc) is 3.02. The van der Waals surface area contributed by atoms with Crippen molar-refractivity contribution in [3.63, 3.8) is 0 Å². The molecule has 4 aliphatic rings. The molecule has 5 heteroatoms. The fourth-order valence-electron chi connectivity index (χ4n) is 9.26. The van der Waals surface area contributed by atoms with Crippen molar-refractivity contribution in [1.82, 2.24) is 0 Å². The third kappa shape index (κ3) is 4.11. The van der Waals surface area contributed by atoms with Gasteiger partial charge in [0.1, 0.15) is 11.6 Å². The Hall–Kier alpha value is -1.20. The maximum atomic E-state index is 14.1. The highest BCUT2D eigenvalue weighted by molar-refractivity contribution is 5.44. The lowest BCUT2D eigenvalue weighted by Crippen LogP contribution is -2.52. The fraction of sp³-hybridized carbons (Fsp3) is 0.786. The summed E-state index contributed by atoms with van der Waals surface area (Å²) in [6.07, 6.45) is 8.40. The number of nitrogens with one attached hydrogen (secondary N) is 1. The standard InChI is InChI=1S/C28H41F2NO2/c1-16-12-22(25(32)15-31-24-7-5-18(29)13-23(24)30)28(3)11-9-20-19-8-10-27(2,33)14-17(19)4-6-21(20)26(16)28/h5,7,13,16-17,19-22,25-26,31-33H,4,6,8-12,14-15H2,1-3H3/t16-,17-,19+,20-,21?,22-,25?,26+,27-,28?/m1/s1. The fourth-order valence-corrected chi connectivity index (χ4v) is 9.26. The number of rotatable bonds is 4. The zero-order valence-electron chi connectivity index (χ0n) is 20.4. The van der Waals surface area contributed by atoms with Crippen LogP contribution in [0.2, 0.25) is 0 Å². The number of hydrogen-bond donors (Lipinski definition) is 3. The minimum atomic E-state index is -0.616. The minimum absolute atomic E-state index is 0.107. The molecule has 10 atom stereocenters. The molecule has 184 valence electrons. The molecule has 3 nitrogen and oxygen atoms in total. The van der Waals surface area contributed by atoms with Gasteiger partial charge in [0, 0.05) is 12.6 Å². The molecule has 0 spiro atoms. The Morgan fingerprint density at radius 3 is 2.58 bits per heavy atom. The number of benzene rings is 1. The summed E-state index contributed by atoms with van der Waals surface area (Å²) in [6, 6.07) is 3.53. The molecule has 3 N–H and O–H groups in total. The molecule has 0 aliphatic heterocycles. The zero-order valence-corrected chi connectivity index (χ0v) is 20.4. The second-order valence-corrected chi connectivity index (χ2v) is 12.5. The van der Waals surface area contributed by atoms with E-state index in [9.17, 15) is 19.0 Å². The van der Waals surface area contributed by atoms with Crippen LogP contribution in [0.1, 0.15) is 72.1 Å². The van der Waals surface area contributed by atoms with E-state index in [2.05, 4.69) is 19.2 Å². The van der Waals surface area contributed by atoms with Crippen LogP contribution in [0.25, 0.3) is 0 Å². The summed E-state index contributed by atoms with van der Waals surface area (Å²) >= 11 is 0. The summed E-state index contributed by atoms with van der Waals surface area (Å²) in [5, 5.41) is 24.9. The Kier molecular flexibility index (Phi) is 6.05. The van der Waals surface area contributed by atoms with Gasteiger partial charge in [0.2, 0.25) is 0 Å². The van der Waals surface area contributed by atoms with Gasteiger partial charge in [-0.3, -0.25) is 0 Å². The van der Waals surface area contributed by atoms with Gasteiger partial charge in [-0.15, -0.1) is 0 Å². The van der Waals surface area contributed by atoms with Crippen LogP contribution in [-0.2, 0) is 0 Å². The Morgan fingerprint density at radius 1 is 1.06 bits per heavy atom. The minimum Gasteiger partial charge on any atom is -0.391 e. The van der Waals surface area contributed by atoms with Crippen molar-refractivity contribution in [2.24, 2.45) is 46.8 Å². The van der Waals surface area contributed by atoms with Gasteiger partial charge < -0.3 is 15.5 Å². The van der Waals surface area contributed by atoms with E-state index in [0.29, 0.717) is 17.8 Å². The first-order valence-corrected chi connectivity index (χ1v) is 13.2. The van der Waals surface area contributed by atoms with Crippen molar-refractivity contribution < 1.29 is 19.0 Å². The highest BCUT2D eigenvalue weighted by Gasteiger charge is 2.60. The normalized spacial score (nSPS) is 45.6. The summed E-state index contributed by atoms with van der Waals surface area (Å²) in [4.78, 5) is 0. The average molecular weight is 462 g/mol. The molecule has 1 aromatic carbocycles. The molecular weight excluding hydrogens is 420 g/mol. The molecule has 4 aliphatic carbocycles. The number of hydrogen-bond acceptors (Lipinski definition) is 3. The Labute approximate surface area is 197 Å². The molecule has 0 saturated heterocycles. The Morgan fingerprint density at radius 2 is 1.82 bits per heavy atom. The van der Waals surface area contributed by atoms with E-state index in [4.69, 9.17) is 0 Å². The summed E-state index contributed by atoms with van der Waals surface area (Å²) < 4.78 is 27.3. The van der Waals surface area contributed by atoms with E-state index in [0.717, 1.165) is 55.9 Å². The van der Waals surface area contributed by atoms with Crippen molar-refractivity contribution >= 4 is 5.69 Å². The molecule has 5 rings (SSSR count). The summed E-state index contributed by atoms with van der Waals surface area (Å²) in [6.45, 7) is 7.09. The van der Waals surface area contributed by atoms with E-state index in [1.807, 2.05) is 6.92 Å². The lowest BCUT2D eigenvalue weighted by molar-refractivity contribution is -0.112. The smallest absolute Gasteiger partial charge is 0.149 e. The molecule has 0 radical (unpaired) electrons. The predicted molar refractivity (Wildman–Crippen MR) is 127 cm³/mol. The Balaban J connectivity index is 1.29. The topological polar surface area (TPSA) is 52.5 Å². The highest BCUT2D eigenvalue weighted by atomic mass is 19.1. The SMILES string of the molecule is C[C@@H]1C[C@H](C(O)CNc2ccc(F)cc2F)C2(C)CC[C@H]3C(CC[C@@H]4C[C@](C)(O)CC[C@@H]43)[C@H]12. The third-order valence-electron chi connectivity index (χ3n) is 10.5. The van der Waals surface area contributed by atoms with Gasteiger partial charge in [-0.05, 0) is 117 Å². The van der Waals surface area contributed by atoms with Crippen LogP contribution in [0.4, 0.5) is 14.5 Å². The lowest BCUT2D eigenvalue weighted by atomic mass is 9.48. The molecule has 4 saturated carbocycles. The monoisotopic (exact) mass is 461 g/mol. The lowest BCUT2D eigenvalue weighted by Gasteiger charge is -2.58. The van der Waals surface area contributed by atoms with Crippen LogP contribution in [0.15, 0.2) is 18.2 Å². The maximum Gasteiger partial charge on any atom is 0.149 e. The molecule has 0 aromatic heterocycles. The molecule has 0 bridgehead atoms. The number of anilines is 1. The molecule has 1 aromatic rings. The van der Waals surface area contributed by atoms with Crippen LogP contribution >= 0.6 is 0 Å². The molecule has 3 unspecified atom stereocenters. The van der Waals surface area contributed by atoms with E-state index in [1.165, 1.54) is 31.4 Å². The molecule has 4 fully saturated rings. The molecule has 0 amide bonds. The van der Waals surface area contributed by atoms with Gasteiger partial charge >= 0.3 is 0 Å². The predicted octanol–water partition coefficient (Wildman–Crippen LogP) is 6.00. The van der Waals surface area contributed by atoms with E-state index in [1.54, 1.807) is 0 Å². The van der Waals surface area contributed by atoms with Crippen LogP contribution in [0.5, 0.6) is 0 Å². The maximum absolute atomic E-state index is 14.1. The van der Waals surface area contributed by atoms with Gasteiger partial charge in [0.15, 0.2) is 0 Å². The number of aliphatic hydroxyl groups is 2. The largest absolute Gasteiger partial charge is 0.391 e. The summed E-state index contributed by atoms with van der Waals surface area (Å²) in [5.41, 5.74) is -0.126. The Bertz CT molecular complexity index is 875. The zero-order chi connectivity index (χ0) is 23.5. The first kappa shape index (κ1) is 23.5. The quantitative estimate of drug-likeness (QED) is 0.515. The van der Waals surface area contributed by atoms with Crippen LogP contribution < -0.4 is 5.32 Å². The van der Waals surface area contributed by atoms with Gasteiger partial charge in [-0.25, -0.2) is 8.78 Å². The van der Waals surface area contributed by atoms with Gasteiger partial charge in [0.05, 0.1) is 17.4 Å². The van der Waals surface area contributed by atoms with Crippen molar-refractivity contribution in [3.8, 4) is 0 Å². The third-order valence-corrected chi connectivity index (χ3v) is 10.5. The van der Waals surface area contributed by atoms with Crippen LogP contribution in [0.3, 0.4) is 0 Å². The second kappa shape index (κ2) is 8.48. The van der Waals surface area contributed by atoms with Crippen molar-refractivity contribution in [2.75, 3.05) is 11.9 Å². The second-order valence-electron chi connectivity index (χ2n) is 12.5. The van der Waals surface area contributed by atoms with Crippen molar-refractivity contribution in [3.05, 3.63) is 29.8 Å². The van der Waals surface area contributed by atoms with E-state index < -0.39 is 23.3 Å². The molecule has 33 heavy (non-hydrogen) atoms. The highest BCUT2D eigenvalue weighted by Crippen LogP contribution is 2.66. The summed E-state index contributed by atoms with van der Waals surface area (Å²) in [5.74, 6) is 3.11. The first-order chi connectivity index (χ1) is 15.6. The van der Waals surface area contributed by atoms with Gasteiger partial charge in [-0.2, -0.15) is 0 Å². The number of aliphatic hydroxyl groups excluding tert-OH is 1. The van der Waals surface area contributed by atoms with Crippen LogP contribution in [-0.4, -0.2) is 28.5 Å². The number of halogens is 2. The number of fused-ring (bicyclic) bond motifs is 5. The van der Waals surface area contributed by atoms with Gasteiger partial charge in [-0.1, -0.05) is 13.8 Å².